The quantitative estimate of drug-likeness (QED) is 0.378. The lowest BCUT2D eigenvalue weighted by atomic mass is 10.0. The molecule has 1 atom stereocenters. The van der Waals surface area contributed by atoms with Crippen molar-refractivity contribution in [2.24, 2.45) is 0 Å². The number of benzene rings is 2. The van der Waals surface area contributed by atoms with Crippen LogP contribution in [-0.4, -0.2) is 20.6 Å². The van der Waals surface area contributed by atoms with E-state index < -0.39 is 0 Å². The van der Waals surface area contributed by atoms with E-state index >= 15 is 0 Å². The van der Waals surface area contributed by atoms with Crippen molar-refractivity contribution in [3.63, 3.8) is 0 Å². The number of thioether (sulfide) groups is 1. The molecule has 0 bridgehead atoms. The van der Waals surface area contributed by atoms with Crippen LogP contribution in [0.5, 0.6) is 0 Å². The molecule has 1 aliphatic carbocycles. The lowest BCUT2D eigenvalue weighted by Crippen LogP contribution is -2.24. The molecule has 0 saturated carbocycles. The van der Waals surface area contributed by atoms with E-state index in [1.54, 1.807) is 10.6 Å². The molecule has 5 heteroatoms. The molecule has 3 aromatic rings. The van der Waals surface area contributed by atoms with Crippen molar-refractivity contribution in [2.75, 3.05) is 0 Å². The number of carbonyl (C=O) groups excluding carboxylic acids is 1. The summed E-state index contributed by atoms with van der Waals surface area (Å²) in [4.78, 5) is 30.4. The van der Waals surface area contributed by atoms with Crippen LogP contribution in [0.15, 0.2) is 52.4 Å². The number of hydrogen-bond acceptors (Lipinski definition) is 4. The monoisotopic (exact) mass is 378 g/mol. The zero-order valence-electron chi connectivity index (χ0n) is 15.6. The first kappa shape index (κ1) is 18.0. The molecule has 138 valence electrons. The standard InChI is InChI=1S/C22H22N2O2S/c1-3-24-21(26)18-9-4-5-10-19(18)23-22(24)27-14(2)20(25)17-12-11-15-7-6-8-16(15)13-17/h4-5,9-14H,3,6-8H2,1-2H3/t14-/m1/s1. The molecule has 4 nitrogen and oxygen atoms in total. The summed E-state index contributed by atoms with van der Waals surface area (Å²) in [5, 5.41) is 0.903. The Morgan fingerprint density at radius 3 is 2.78 bits per heavy atom. The first-order chi connectivity index (χ1) is 13.1. The SMILES string of the molecule is CCn1c(S[C@H](C)C(=O)c2ccc3c(c2)CCC3)nc2ccccc2c1=O. The number of ketones is 1. The van der Waals surface area contributed by atoms with E-state index in [0.29, 0.717) is 22.6 Å². The van der Waals surface area contributed by atoms with Crippen LogP contribution in [0.2, 0.25) is 0 Å². The Labute approximate surface area is 162 Å². The van der Waals surface area contributed by atoms with Crippen LogP contribution in [0.1, 0.15) is 41.8 Å². The van der Waals surface area contributed by atoms with E-state index in [0.717, 1.165) is 18.4 Å². The van der Waals surface area contributed by atoms with Gasteiger partial charge in [-0.15, -0.1) is 0 Å². The van der Waals surface area contributed by atoms with E-state index in [4.69, 9.17) is 0 Å². The highest BCUT2D eigenvalue weighted by Crippen LogP contribution is 2.28. The highest BCUT2D eigenvalue weighted by Gasteiger charge is 2.22. The first-order valence-corrected chi connectivity index (χ1v) is 10.3. The van der Waals surface area contributed by atoms with Crippen molar-refractivity contribution < 1.29 is 4.79 Å². The number of aromatic nitrogens is 2. The van der Waals surface area contributed by atoms with Crippen molar-refractivity contribution in [2.45, 2.75) is 50.1 Å². The summed E-state index contributed by atoms with van der Waals surface area (Å²) in [5.74, 6) is 0.0831. The molecule has 1 aromatic heterocycles. The van der Waals surface area contributed by atoms with Crippen LogP contribution in [0.25, 0.3) is 10.9 Å². The molecule has 4 rings (SSSR count). The number of hydrogen-bond donors (Lipinski definition) is 0. The summed E-state index contributed by atoms with van der Waals surface area (Å²) in [6.45, 7) is 4.34. The molecule has 1 aliphatic rings. The Morgan fingerprint density at radius 2 is 1.96 bits per heavy atom. The lowest BCUT2D eigenvalue weighted by molar-refractivity contribution is 0.0993. The Kier molecular flexibility index (Phi) is 4.87. The highest BCUT2D eigenvalue weighted by molar-refractivity contribution is 8.00. The van der Waals surface area contributed by atoms with E-state index in [2.05, 4.69) is 11.1 Å². The van der Waals surface area contributed by atoms with E-state index in [-0.39, 0.29) is 16.6 Å². The zero-order valence-corrected chi connectivity index (χ0v) is 16.4. The Balaban J connectivity index is 1.65. The van der Waals surface area contributed by atoms with Crippen molar-refractivity contribution in [1.29, 1.82) is 0 Å². The van der Waals surface area contributed by atoms with Gasteiger partial charge in [-0.3, -0.25) is 14.2 Å². The largest absolute Gasteiger partial charge is 0.293 e. The molecule has 1 heterocycles. The number of Topliss-reactive ketones (excluding diaryl/α,β-unsaturated/α-hetero) is 1. The molecule has 0 spiro atoms. The average Bonchev–Trinajstić information content (AvgIpc) is 3.15. The van der Waals surface area contributed by atoms with E-state index in [9.17, 15) is 9.59 Å². The van der Waals surface area contributed by atoms with Crippen molar-refractivity contribution >= 4 is 28.4 Å². The zero-order chi connectivity index (χ0) is 19.0. The van der Waals surface area contributed by atoms with Crippen LogP contribution in [0.4, 0.5) is 0 Å². The minimum absolute atomic E-state index is 0.0530. The minimum atomic E-state index is -0.310. The average molecular weight is 378 g/mol. The van der Waals surface area contributed by atoms with Crippen LogP contribution in [0.3, 0.4) is 0 Å². The van der Waals surface area contributed by atoms with Gasteiger partial charge in [-0.1, -0.05) is 36.0 Å². The third-order valence-corrected chi connectivity index (χ3v) is 6.27. The third-order valence-electron chi connectivity index (χ3n) is 5.18. The van der Waals surface area contributed by atoms with Crippen LogP contribution in [-0.2, 0) is 19.4 Å². The van der Waals surface area contributed by atoms with Crippen LogP contribution in [0, 0.1) is 0 Å². The number of rotatable bonds is 5. The second-order valence-corrected chi connectivity index (χ2v) is 8.23. The number of para-hydroxylation sites is 1. The molecule has 2 aromatic carbocycles. The summed E-state index contributed by atoms with van der Waals surface area (Å²) < 4.78 is 1.65. The van der Waals surface area contributed by atoms with Gasteiger partial charge < -0.3 is 0 Å². The van der Waals surface area contributed by atoms with Gasteiger partial charge in [0.25, 0.3) is 5.56 Å². The smallest absolute Gasteiger partial charge is 0.262 e. The first-order valence-electron chi connectivity index (χ1n) is 9.40. The fourth-order valence-corrected chi connectivity index (χ4v) is 4.74. The summed E-state index contributed by atoms with van der Waals surface area (Å²) in [6, 6.07) is 13.4. The molecular formula is C22H22N2O2S. The summed E-state index contributed by atoms with van der Waals surface area (Å²) in [7, 11) is 0. The Bertz CT molecular complexity index is 1090. The van der Waals surface area contributed by atoms with Gasteiger partial charge in [0.15, 0.2) is 10.9 Å². The Hall–Kier alpha value is -2.40. The third kappa shape index (κ3) is 3.32. The van der Waals surface area contributed by atoms with Gasteiger partial charge >= 0.3 is 0 Å². The van der Waals surface area contributed by atoms with Gasteiger partial charge in [0, 0.05) is 12.1 Å². The highest BCUT2D eigenvalue weighted by atomic mass is 32.2. The van der Waals surface area contributed by atoms with E-state index in [1.165, 1.54) is 29.3 Å². The van der Waals surface area contributed by atoms with Crippen molar-refractivity contribution in [3.8, 4) is 0 Å². The number of aryl methyl sites for hydroxylation is 2. The van der Waals surface area contributed by atoms with Gasteiger partial charge in [0.05, 0.1) is 16.2 Å². The molecule has 0 radical (unpaired) electrons. The van der Waals surface area contributed by atoms with Gasteiger partial charge in [-0.05, 0) is 62.4 Å². The molecule has 0 N–H and O–H groups in total. The second kappa shape index (κ2) is 7.31. The number of fused-ring (bicyclic) bond motifs is 2. The van der Waals surface area contributed by atoms with Gasteiger partial charge in [0.1, 0.15) is 0 Å². The molecule has 0 unspecified atom stereocenters. The van der Waals surface area contributed by atoms with Crippen molar-refractivity contribution in [1.82, 2.24) is 9.55 Å². The predicted molar refractivity (Wildman–Crippen MR) is 110 cm³/mol. The maximum atomic E-state index is 13.0. The van der Waals surface area contributed by atoms with Crippen LogP contribution < -0.4 is 5.56 Å². The predicted octanol–water partition coefficient (Wildman–Crippen LogP) is 4.27. The molecule has 0 fully saturated rings. The fraction of sp³-hybridized carbons (Fsp3) is 0.318. The summed E-state index contributed by atoms with van der Waals surface area (Å²) in [5.41, 5.74) is 4.03. The maximum absolute atomic E-state index is 13.0. The molecule has 0 aliphatic heterocycles. The Morgan fingerprint density at radius 1 is 1.19 bits per heavy atom. The number of nitrogens with zero attached hydrogens (tertiary/aromatic N) is 2. The molecule has 27 heavy (non-hydrogen) atoms. The van der Waals surface area contributed by atoms with Gasteiger partial charge in [-0.25, -0.2) is 4.98 Å². The topological polar surface area (TPSA) is 52.0 Å². The summed E-state index contributed by atoms with van der Waals surface area (Å²) >= 11 is 1.36. The lowest BCUT2D eigenvalue weighted by Gasteiger charge is -2.15. The molecule has 0 saturated heterocycles. The maximum Gasteiger partial charge on any atom is 0.262 e. The number of carbonyl (C=O) groups is 1. The van der Waals surface area contributed by atoms with Gasteiger partial charge in [-0.2, -0.15) is 0 Å². The second-order valence-electron chi connectivity index (χ2n) is 6.92. The molecule has 0 amide bonds. The van der Waals surface area contributed by atoms with E-state index in [1.807, 2.05) is 44.2 Å². The van der Waals surface area contributed by atoms with Crippen molar-refractivity contribution in [3.05, 3.63) is 69.5 Å². The minimum Gasteiger partial charge on any atom is -0.293 e. The fourth-order valence-electron chi connectivity index (χ4n) is 3.69. The normalized spacial score (nSPS) is 14.3. The summed E-state index contributed by atoms with van der Waals surface area (Å²) in [6.07, 6.45) is 3.33. The van der Waals surface area contributed by atoms with Crippen LogP contribution >= 0.6 is 11.8 Å². The molecular weight excluding hydrogens is 356 g/mol. The van der Waals surface area contributed by atoms with Gasteiger partial charge in [0.2, 0.25) is 0 Å².